The number of imidazole rings is 1. The molecule has 2 saturated heterocycles. The van der Waals surface area contributed by atoms with Gasteiger partial charge in [0.1, 0.15) is 24.1 Å². The Morgan fingerprint density at radius 1 is 1.31 bits per heavy atom. The quantitative estimate of drug-likeness (QED) is 0.410. The molecule has 8 nitrogen and oxygen atoms in total. The molecule has 0 radical (unpaired) electrons. The Labute approximate surface area is 201 Å². The van der Waals surface area contributed by atoms with Gasteiger partial charge in [-0.15, -0.1) is 0 Å². The molecule has 4 rings (SSSR count). The second-order valence-corrected chi connectivity index (χ2v) is 24.8. The molecule has 4 heterocycles. The largest absolute Gasteiger partial charge is 0.408 e. The van der Waals surface area contributed by atoms with Crippen LogP contribution in [-0.4, -0.2) is 64.3 Å². The number of halogens is 1. The molecule has 1 unspecified atom stereocenters. The Balaban J connectivity index is 1.63. The minimum absolute atomic E-state index is 0.0804. The van der Waals surface area contributed by atoms with Gasteiger partial charge in [0, 0.05) is 11.5 Å². The van der Waals surface area contributed by atoms with Gasteiger partial charge in [-0.2, -0.15) is 0 Å². The van der Waals surface area contributed by atoms with Crippen LogP contribution in [0.25, 0.3) is 11.2 Å². The molecule has 2 aliphatic rings. The first-order chi connectivity index (χ1) is 14.9. The molecule has 0 aromatic carbocycles. The topological polar surface area (TPSA) is 97.3 Å². The van der Waals surface area contributed by atoms with Gasteiger partial charge in [0.25, 0.3) is 0 Å². The van der Waals surface area contributed by atoms with Gasteiger partial charge in [0.2, 0.25) is 0 Å². The third-order valence-electron chi connectivity index (χ3n) is 6.14. The van der Waals surface area contributed by atoms with Crippen LogP contribution in [0.4, 0.5) is 10.2 Å². The van der Waals surface area contributed by atoms with E-state index < -0.39 is 37.6 Å². The van der Waals surface area contributed by atoms with Crippen molar-refractivity contribution in [3.63, 3.8) is 0 Å². The number of anilines is 1. The maximum absolute atomic E-state index is 16.0. The molecule has 0 bridgehead atoms. The molecule has 2 aromatic rings. The molecule has 0 saturated carbocycles. The van der Waals surface area contributed by atoms with Crippen molar-refractivity contribution >= 4 is 64.5 Å². The van der Waals surface area contributed by atoms with E-state index in [9.17, 15) is 0 Å². The summed E-state index contributed by atoms with van der Waals surface area (Å²) in [5.74, 6) is 2.20. The van der Waals surface area contributed by atoms with Crippen LogP contribution in [0.1, 0.15) is 27.0 Å². The smallest absolute Gasteiger partial charge is 0.192 e. The molecule has 2 N–H and O–H groups in total. The van der Waals surface area contributed by atoms with Crippen molar-refractivity contribution in [3.8, 4) is 0 Å². The maximum atomic E-state index is 16.0. The highest BCUT2D eigenvalue weighted by atomic mass is 33.2. The van der Waals surface area contributed by atoms with Crippen molar-refractivity contribution in [2.24, 2.45) is 0 Å². The van der Waals surface area contributed by atoms with Gasteiger partial charge >= 0.3 is 0 Å². The highest BCUT2D eigenvalue weighted by Gasteiger charge is 2.52. The van der Waals surface area contributed by atoms with E-state index in [0.29, 0.717) is 11.2 Å². The summed E-state index contributed by atoms with van der Waals surface area (Å²) in [4.78, 5) is 12.5. The second kappa shape index (κ2) is 9.07. The summed E-state index contributed by atoms with van der Waals surface area (Å²) in [6, 6.07) is 0. The Morgan fingerprint density at radius 2 is 2.00 bits per heavy atom. The molecule has 32 heavy (non-hydrogen) atoms. The monoisotopic (exact) mass is 537 g/mol. The van der Waals surface area contributed by atoms with Crippen LogP contribution in [0.2, 0.25) is 18.1 Å². The number of rotatable bonds is 6. The summed E-state index contributed by atoms with van der Waals surface area (Å²) >= 11 is 9.09. The van der Waals surface area contributed by atoms with E-state index in [2.05, 4.69) is 48.8 Å². The maximum Gasteiger partial charge on any atom is 0.192 e. The number of fused-ring (bicyclic) bond motifs is 1. The summed E-state index contributed by atoms with van der Waals surface area (Å²) < 4.78 is 34.4. The highest BCUT2D eigenvalue weighted by molar-refractivity contribution is 9.00. The lowest BCUT2D eigenvalue weighted by Crippen LogP contribution is -2.49. The number of nitrogen functional groups attached to an aromatic ring is 1. The average Bonchev–Trinajstić information content (AvgIpc) is 3.39. The fraction of sp³-hybridized carbons (Fsp3) is 0.722. The van der Waals surface area contributed by atoms with Crippen LogP contribution >= 0.6 is 27.4 Å². The summed E-state index contributed by atoms with van der Waals surface area (Å²) in [6.45, 7) is 10.8. The number of hydrogen-bond donors (Lipinski definition) is 1. The first kappa shape index (κ1) is 24.8. The normalized spacial score (nSPS) is 28.6. The van der Waals surface area contributed by atoms with Crippen molar-refractivity contribution in [2.45, 2.75) is 63.5 Å². The van der Waals surface area contributed by atoms with Crippen molar-refractivity contribution in [2.75, 3.05) is 23.8 Å². The van der Waals surface area contributed by atoms with Crippen molar-refractivity contribution in [1.82, 2.24) is 19.5 Å². The third-order valence-corrected chi connectivity index (χ3v) is 20.5. The summed E-state index contributed by atoms with van der Waals surface area (Å²) in [7, 11) is -2.28. The number of alkyl halides is 1. The highest BCUT2D eigenvalue weighted by Crippen LogP contribution is 2.74. The molecular formula is C18H29FN5O3PS3Si. The van der Waals surface area contributed by atoms with E-state index in [1.165, 1.54) is 12.7 Å². The van der Waals surface area contributed by atoms with Crippen LogP contribution in [0.15, 0.2) is 12.7 Å². The Hall–Kier alpha value is -0.273. The average molecular weight is 538 g/mol. The third kappa shape index (κ3) is 4.77. The molecular weight excluding hydrogens is 508 g/mol. The molecule has 0 amide bonds. The molecule has 2 aromatic heterocycles. The summed E-state index contributed by atoms with van der Waals surface area (Å²) in [6.07, 6.45) is -0.943. The van der Waals surface area contributed by atoms with Gasteiger partial charge in [-0.25, -0.2) is 19.3 Å². The molecule has 178 valence electrons. The van der Waals surface area contributed by atoms with Crippen LogP contribution < -0.4 is 5.73 Å². The van der Waals surface area contributed by atoms with Gasteiger partial charge in [0.15, 0.2) is 36.9 Å². The molecule has 2 aliphatic heterocycles. The predicted octanol–water partition coefficient (Wildman–Crippen LogP) is 4.76. The summed E-state index contributed by atoms with van der Waals surface area (Å²) in [5, 5.41) is -0.0804. The van der Waals surface area contributed by atoms with E-state index in [4.69, 9.17) is 31.2 Å². The Morgan fingerprint density at radius 3 is 2.66 bits per heavy atom. The lowest BCUT2D eigenvalue weighted by Gasteiger charge is -2.39. The van der Waals surface area contributed by atoms with E-state index in [1.54, 1.807) is 27.3 Å². The standard InChI is InChI=1S/C18H29FN5O3PS3Si/c1-18(2,3)32(4,5)27-14-11(8-25-28(29)30-6-7-31-28)26-17(12(14)19)24-10-23-13-15(20)21-9-22-16(13)24/h9-12,14,17H,6-8H2,1-5H3,(H2,20,21,22)/t11-,12-,14?,17-/m1/s1. The molecule has 4 atom stereocenters. The zero-order chi connectivity index (χ0) is 23.3. The van der Waals surface area contributed by atoms with Crippen molar-refractivity contribution in [1.29, 1.82) is 0 Å². The zero-order valence-electron chi connectivity index (χ0n) is 18.7. The van der Waals surface area contributed by atoms with Crippen molar-refractivity contribution < 1.29 is 18.1 Å². The minimum atomic E-state index is -2.28. The van der Waals surface area contributed by atoms with Gasteiger partial charge in [-0.3, -0.25) is 4.57 Å². The zero-order valence-corrected chi connectivity index (χ0v) is 23.1. The Kier molecular flexibility index (Phi) is 7.04. The SMILES string of the molecule is CC(C)(C)[Si](C)(C)OC1[C@@H](F)[C@H](n2cnc3c(N)ncnc32)O[C@@H]1COP1(=S)SCCS1. The van der Waals surface area contributed by atoms with E-state index in [1.807, 2.05) is 0 Å². The van der Waals surface area contributed by atoms with E-state index in [-0.39, 0.29) is 17.5 Å². The fourth-order valence-corrected chi connectivity index (χ4v) is 13.5. The molecule has 0 spiro atoms. The number of hydrogen-bond acceptors (Lipinski definition) is 10. The van der Waals surface area contributed by atoms with Crippen molar-refractivity contribution in [3.05, 3.63) is 12.7 Å². The minimum Gasteiger partial charge on any atom is -0.408 e. The first-order valence-electron chi connectivity index (χ1n) is 10.4. The van der Waals surface area contributed by atoms with Gasteiger partial charge in [-0.05, 0) is 29.9 Å². The number of aromatic nitrogens is 4. The lowest BCUT2D eigenvalue weighted by molar-refractivity contribution is -0.0378. The Bertz CT molecular complexity index is 1030. The van der Waals surface area contributed by atoms with Crippen LogP contribution in [0, 0.1) is 0 Å². The van der Waals surface area contributed by atoms with Crippen LogP contribution in [0.3, 0.4) is 0 Å². The number of nitrogens with two attached hydrogens (primary N) is 1. The molecule has 14 heteroatoms. The van der Waals surface area contributed by atoms with Crippen LogP contribution in [-0.2, 0) is 25.5 Å². The van der Waals surface area contributed by atoms with E-state index >= 15 is 4.39 Å². The first-order valence-corrected chi connectivity index (χ1v) is 19.2. The van der Waals surface area contributed by atoms with Gasteiger partial charge in [0.05, 0.1) is 12.9 Å². The number of nitrogens with zero attached hydrogens (tertiary/aromatic N) is 4. The predicted molar refractivity (Wildman–Crippen MR) is 136 cm³/mol. The van der Waals surface area contributed by atoms with E-state index in [0.717, 1.165) is 11.5 Å². The number of ether oxygens (including phenoxy) is 1. The van der Waals surface area contributed by atoms with Gasteiger partial charge in [-0.1, -0.05) is 43.5 Å². The van der Waals surface area contributed by atoms with Crippen LogP contribution in [0.5, 0.6) is 0 Å². The van der Waals surface area contributed by atoms with Gasteiger partial charge < -0.3 is 19.4 Å². The second-order valence-electron chi connectivity index (χ2n) is 9.34. The fourth-order valence-electron chi connectivity index (χ4n) is 3.34. The lowest BCUT2D eigenvalue weighted by atomic mass is 10.1. The molecule has 2 fully saturated rings. The molecule has 0 aliphatic carbocycles. The summed E-state index contributed by atoms with van der Waals surface area (Å²) in [5.41, 5.74) is 6.75.